The zero-order valence-corrected chi connectivity index (χ0v) is 7.24. The van der Waals surface area contributed by atoms with Gasteiger partial charge in [0.25, 0.3) is 0 Å². The molecule has 0 bridgehead atoms. The topological polar surface area (TPSA) is 54.4 Å². The van der Waals surface area contributed by atoms with E-state index < -0.39 is 0 Å². The lowest BCUT2D eigenvalue weighted by Gasteiger charge is -2.02. The quantitative estimate of drug-likeness (QED) is 0.666. The highest BCUT2D eigenvalue weighted by atomic mass is 16.2. The van der Waals surface area contributed by atoms with E-state index in [4.69, 9.17) is 0 Å². The molecule has 1 aliphatic rings. The maximum absolute atomic E-state index is 10.9. The largest absolute Gasteiger partial charge is 0.308 e. The van der Waals surface area contributed by atoms with E-state index in [1.165, 1.54) is 0 Å². The van der Waals surface area contributed by atoms with E-state index >= 15 is 0 Å². The number of hydrogen-bond acceptors (Lipinski definition) is 3. The molecule has 1 N–H and O–H groups in total. The van der Waals surface area contributed by atoms with Crippen LogP contribution in [0.1, 0.15) is 11.3 Å². The number of aryl methyl sites for hydroxylation is 1. The first-order chi connectivity index (χ1) is 6.27. The number of amides is 1. The van der Waals surface area contributed by atoms with Gasteiger partial charge in [0.15, 0.2) is 5.84 Å². The minimum atomic E-state index is -0.0694. The predicted octanol–water partition coefficient (Wildman–Crippen LogP) is 0.266. The van der Waals surface area contributed by atoms with Crippen LogP contribution in [0.3, 0.4) is 0 Å². The lowest BCUT2D eigenvalue weighted by atomic mass is 10.2. The molecule has 0 aromatic carbocycles. The van der Waals surface area contributed by atoms with Gasteiger partial charge in [-0.1, -0.05) is 6.07 Å². The van der Waals surface area contributed by atoms with Crippen molar-refractivity contribution in [2.75, 3.05) is 6.54 Å². The molecule has 0 atom stereocenters. The Morgan fingerprint density at radius 1 is 1.54 bits per heavy atom. The van der Waals surface area contributed by atoms with Gasteiger partial charge in [-0.25, -0.2) is 0 Å². The molecular formula is C9H9N3O. The Kier molecular flexibility index (Phi) is 1.81. The van der Waals surface area contributed by atoms with Crippen LogP contribution < -0.4 is 5.32 Å². The molecule has 0 unspecified atom stereocenters. The standard InChI is InChI=1S/C9H9N3O/c1-6-3-2-4-10-8(6)9-11-5-7(13)12-9/h2-4H,5H2,1H3,(H,11,12,13). The maximum Gasteiger partial charge on any atom is 0.247 e. The van der Waals surface area contributed by atoms with E-state index in [0.717, 1.165) is 11.3 Å². The first-order valence-electron chi connectivity index (χ1n) is 4.03. The van der Waals surface area contributed by atoms with Gasteiger partial charge in [0, 0.05) is 6.20 Å². The van der Waals surface area contributed by atoms with Crippen LogP contribution in [0.2, 0.25) is 0 Å². The highest BCUT2D eigenvalue weighted by Crippen LogP contribution is 2.05. The van der Waals surface area contributed by atoms with E-state index in [1.54, 1.807) is 6.20 Å². The molecule has 0 fully saturated rings. The molecule has 0 spiro atoms. The molecule has 4 nitrogen and oxygen atoms in total. The maximum atomic E-state index is 10.9. The molecule has 13 heavy (non-hydrogen) atoms. The molecule has 1 aromatic rings. The summed E-state index contributed by atoms with van der Waals surface area (Å²) >= 11 is 0. The monoisotopic (exact) mass is 175 g/mol. The summed E-state index contributed by atoms with van der Waals surface area (Å²) in [5, 5.41) is 2.66. The molecule has 4 heteroatoms. The summed E-state index contributed by atoms with van der Waals surface area (Å²) in [7, 11) is 0. The van der Waals surface area contributed by atoms with Crippen molar-refractivity contribution in [3.05, 3.63) is 29.6 Å². The van der Waals surface area contributed by atoms with Crippen molar-refractivity contribution < 1.29 is 4.79 Å². The van der Waals surface area contributed by atoms with E-state index in [9.17, 15) is 4.79 Å². The fourth-order valence-electron chi connectivity index (χ4n) is 1.23. The Labute approximate surface area is 75.7 Å². The van der Waals surface area contributed by atoms with Gasteiger partial charge in [0.2, 0.25) is 5.91 Å². The summed E-state index contributed by atoms with van der Waals surface area (Å²) < 4.78 is 0. The zero-order valence-electron chi connectivity index (χ0n) is 7.24. The molecule has 1 aromatic heterocycles. The molecule has 66 valence electrons. The normalized spacial score (nSPS) is 15.5. The van der Waals surface area contributed by atoms with Gasteiger partial charge in [0.1, 0.15) is 12.2 Å². The summed E-state index contributed by atoms with van der Waals surface area (Å²) in [4.78, 5) is 19.1. The molecule has 0 saturated carbocycles. The van der Waals surface area contributed by atoms with Gasteiger partial charge >= 0.3 is 0 Å². The fraction of sp³-hybridized carbons (Fsp3) is 0.222. The third-order valence-electron chi connectivity index (χ3n) is 1.87. The first-order valence-corrected chi connectivity index (χ1v) is 4.03. The number of nitrogens with one attached hydrogen (secondary N) is 1. The van der Waals surface area contributed by atoms with Gasteiger partial charge in [-0.15, -0.1) is 0 Å². The number of pyridine rings is 1. The van der Waals surface area contributed by atoms with Crippen molar-refractivity contribution in [2.24, 2.45) is 4.99 Å². The van der Waals surface area contributed by atoms with Crippen molar-refractivity contribution in [1.29, 1.82) is 0 Å². The van der Waals surface area contributed by atoms with E-state index in [2.05, 4.69) is 15.3 Å². The fourth-order valence-corrected chi connectivity index (χ4v) is 1.23. The molecule has 2 heterocycles. The van der Waals surface area contributed by atoms with Gasteiger partial charge in [-0.05, 0) is 18.6 Å². The molecule has 2 rings (SSSR count). The van der Waals surface area contributed by atoms with Crippen molar-refractivity contribution in [1.82, 2.24) is 10.3 Å². The van der Waals surface area contributed by atoms with Crippen LogP contribution in [-0.4, -0.2) is 23.3 Å². The smallest absolute Gasteiger partial charge is 0.247 e. The SMILES string of the molecule is Cc1cccnc1C1=NCC(=O)N1. The van der Waals surface area contributed by atoms with Crippen molar-refractivity contribution in [3.8, 4) is 0 Å². The number of aliphatic imine (C=N–C) groups is 1. The van der Waals surface area contributed by atoms with Crippen LogP contribution >= 0.6 is 0 Å². The minimum absolute atomic E-state index is 0.0694. The van der Waals surface area contributed by atoms with Crippen LogP contribution in [0.4, 0.5) is 0 Å². The molecule has 0 aliphatic carbocycles. The average molecular weight is 175 g/mol. The third-order valence-corrected chi connectivity index (χ3v) is 1.87. The molecular weight excluding hydrogens is 166 g/mol. The van der Waals surface area contributed by atoms with E-state index in [-0.39, 0.29) is 12.5 Å². The summed E-state index contributed by atoms with van der Waals surface area (Å²) in [6, 6.07) is 3.80. The average Bonchev–Trinajstić information content (AvgIpc) is 2.53. The number of aromatic nitrogens is 1. The second-order valence-corrected chi connectivity index (χ2v) is 2.88. The second-order valence-electron chi connectivity index (χ2n) is 2.88. The summed E-state index contributed by atoms with van der Waals surface area (Å²) in [5.74, 6) is 0.517. The number of carbonyl (C=O) groups is 1. The van der Waals surface area contributed by atoms with Crippen LogP contribution in [0.25, 0.3) is 0 Å². The number of nitrogens with zero attached hydrogens (tertiary/aromatic N) is 2. The van der Waals surface area contributed by atoms with Gasteiger partial charge in [-0.2, -0.15) is 0 Å². The Hall–Kier alpha value is -1.71. The van der Waals surface area contributed by atoms with Crippen molar-refractivity contribution >= 4 is 11.7 Å². The number of carbonyl (C=O) groups excluding carboxylic acids is 1. The number of rotatable bonds is 1. The summed E-state index contributed by atoms with van der Waals surface area (Å²) in [6.45, 7) is 2.15. The Bertz CT molecular complexity index is 384. The third kappa shape index (κ3) is 1.42. The number of amidine groups is 1. The minimum Gasteiger partial charge on any atom is -0.308 e. The van der Waals surface area contributed by atoms with Crippen LogP contribution in [0.15, 0.2) is 23.3 Å². The Morgan fingerprint density at radius 2 is 2.38 bits per heavy atom. The first kappa shape index (κ1) is 7.91. The Morgan fingerprint density at radius 3 is 3.00 bits per heavy atom. The van der Waals surface area contributed by atoms with Gasteiger partial charge < -0.3 is 5.32 Å². The Balaban J connectivity index is 2.37. The van der Waals surface area contributed by atoms with Crippen LogP contribution in [0, 0.1) is 6.92 Å². The highest BCUT2D eigenvalue weighted by Gasteiger charge is 2.16. The highest BCUT2D eigenvalue weighted by molar-refractivity contribution is 6.12. The van der Waals surface area contributed by atoms with Crippen molar-refractivity contribution in [2.45, 2.75) is 6.92 Å². The molecule has 1 aliphatic heterocycles. The van der Waals surface area contributed by atoms with E-state index in [0.29, 0.717) is 5.84 Å². The predicted molar refractivity (Wildman–Crippen MR) is 48.5 cm³/mol. The molecule has 1 amide bonds. The van der Waals surface area contributed by atoms with Crippen molar-refractivity contribution in [3.63, 3.8) is 0 Å². The number of hydrogen-bond donors (Lipinski definition) is 1. The lowest BCUT2D eigenvalue weighted by molar-refractivity contribution is -0.117. The van der Waals surface area contributed by atoms with E-state index in [1.807, 2.05) is 19.1 Å². The summed E-state index contributed by atoms with van der Waals surface area (Å²) in [5.41, 5.74) is 1.77. The zero-order chi connectivity index (χ0) is 9.26. The second kappa shape index (κ2) is 2.97. The van der Waals surface area contributed by atoms with Crippen LogP contribution in [0.5, 0.6) is 0 Å². The summed E-state index contributed by atoms with van der Waals surface area (Å²) in [6.07, 6.45) is 1.69. The molecule has 0 radical (unpaired) electrons. The molecule has 0 saturated heterocycles. The lowest BCUT2D eigenvalue weighted by Crippen LogP contribution is -2.26. The van der Waals surface area contributed by atoms with Crippen LogP contribution in [-0.2, 0) is 4.79 Å². The van der Waals surface area contributed by atoms with Gasteiger partial charge in [-0.3, -0.25) is 14.8 Å². The van der Waals surface area contributed by atoms with Gasteiger partial charge in [0.05, 0.1) is 0 Å².